The molecule has 0 saturated carbocycles. The molecule has 0 N–H and O–H groups in total. The van der Waals surface area contributed by atoms with Gasteiger partial charge >= 0.3 is 0 Å². The predicted octanol–water partition coefficient (Wildman–Crippen LogP) is 4.26. The number of hydrogen-bond donors (Lipinski definition) is 0. The first-order valence-corrected chi connectivity index (χ1v) is 7.85. The van der Waals surface area contributed by atoms with Crippen LogP contribution in [-0.4, -0.2) is 26.2 Å². The van der Waals surface area contributed by atoms with Gasteiger partial charge in [0.1, 0.15) is 17.2 Å². The van der Waals surface area contributed by atoms with Crippen molar-refractivity contribution in [3.8, 4) is 17.2 Å². The second-order valence-corrected chi connectivity index (χ2v) is 5.27. The Morgan fingerprint density at radius 3 is 2.00 bits per heavy atom. The second kappa shape index (κ2) is 7.93. The van der Waals surface area contributed by atoms with Crippen LogP contribution in [-0.2, 0) is 0 Å². The van der Waals surface area contributed by atoms with Gasteiger partial charge in [0, 0.05) is 29.4 Å². The van der Waals surface area contributed by atoms with E-state index in [4.69, 9.17) is 14.2 Å². The number of ether oxygens (including phenoxy) is 3. The van der Waals surface area contributed by atoms with Crippen LogP contribution in [0.1, 0.15) is 11.5 Å². The molecule has 0 radical (unpaired) electrons. The average molecular weight is 351 g/mol. The van der Waals surface area contributed by atoms with E-state index in [9.17, 15) is 0 Å². The topological polar surface area (TPSA) is 27.7 Å². The summed E-state index contributed by atoms with van der Waals surface area (Å²) in [6.45, 7) is 0.589. The maximum Gasteiger partial charge on any atom is 0.126 e. The van der Waals surface area contributed by atoms with Crippen LogP contribution in [0, 0.1) is 0 Å². The summed E-state index contributed by atoms with van der Waals surface area (Å²) in [7, 11) is 3.26. The second-order valence-electron chi connectivity index (χ2n) is 4.62. The minimum atomic E-state index is 0.295. The summed E-state index contributed by atoms with van der Waals surface area (Å²) in [4.78, 5) is 0. The highest BCUT2D eigenvalue weighted by Gasteiger charge is 2.11. The highest BCUT2D eigenvalue weighted by Crippen LogP contribution is 2.28. The van der Waals surface area contributed by atoms with E-state index in [0.717, 1.165) is 22.6 Å². The number of alkyl halides is 1. The minimum Gasteiger partial charge on any atom is -0.496 e. The van der Waals surface area contributed by atoms with Gasteiger partial charge in [0.25, 0.3) is 0 Å². The zero-order chi connectivity index (χ0) is 15.1. The molecule has 2 aromatic carbocycles. The molecule has 0 amide bonds. The SMILES string of the molecule is COc1cc(OC)cc(OCC(CBr)c2ccccc2)c1. The van der Waals surface area contributed by atoms with Gasteiger partial charge in [-0.1, -0.05) is 46.3 Å². The molecular formula is C17H19BrO3. The van der Waals surface area contributed by atoms with E-state index in [1.807, 2.05) is 36.4 Å². The van der Waals surface area contributed by atoms with Crippen molar-refractivity contribution in [1.29, 1.82) is 0 Å². The summed E-state index contributed by atoms with van der Waals surface area (Å²) in [5, 5.41) is 0.845. The Bertz CT molecular complexity index is 535. The molecule has 3 nitrogen and oxygen atoms in total. The number of benzene rings is 2. The van der Waals surface area contributed by atoms with Crippen molar-refractivity contribution in [3.63, 3.8) is 0 Å². The molecule has 0 aliphatic carbocycles. The molecule has 0 heterocycles. The molecular weight excluding hydrogens is 332 g/mol. The number of methoxy groups -OCH3 is 2. The zero-order valence-electron chi connectivity index (χ0n) is 12.2. The van der Waals surface area contributed by atoms with Gasteiger partial charge in [-0.2, -0.15) is 0 Å². The van der Waals surface area contributed by atoms with E-state index in [1.54, 1.807) is 14.2 Å². The molecule has 0 bridgehead atoms. The molecule has 1 unspecified atom stereocenters. The lowest BCUT2D eigenvalue weighted by Crippen LogP contribution is -2.11. The molecule has 0 aliphatic heterocycles. The first-order valence-electron chi connectivity index (χ1n) is 6.73. The minimum absolute atomic E-state index is 0.295. The van der Waals surface area contributed by atoms with Crippen LogP contribution in [0.15, 0.2) is 48.5 Å². The number of rotatable bonds is 7. The van der Waals surface area contributed by atoms with Crippen molar-refractivity contribution in [2.75, 3.05) is 26.2 Å². The van der Waals surface area contributed by atoms with Crippen LogP contribution < -0.4 is 14.2 Å². The van der Waals surface area contributed by atoms with Gasteiger partial charge < -0.3 is 14.2 Å². The normalized spacial score (nSPS) is 11.8. The number of halogens is 1. The maximum absolute atomic E-state index is 5.91. The lowest BCUT2D eigenvalue weighted by Gasteiger charge is -2.16. The molecule has 2 rings (SSSR count). The van der Waals surface area contributed by atoms with Crippen molar-refractivity contribution >= 4 is 15.9 Å². The summed E-state index contributed by atoms with van der Waals surface area (Å²) in [6.07, 6.45) is 0. The highest BCUT2D eigenvalue weighted by molar-refractivity contribution is 9.09. The molecule has 4 heteroatoms. The first kappa shape index (κ1) is 15.7. The third-order valence-corrected chi connectivity index (χ3v) is 4.01. The van der Waals surface area contributed by atoms with E-state index >= 15 is 0 Å². The Kier molecular flexibility index (Phi) is 5.93. The van der Waals surface area contributed by atoms with Crippen LogP contribution >= 0.6 is 15.9 Å². The highest BCUT2D eigenvalue weighted by atomic mass is 79.9. The van der Waals surface area contributed by atoms with E-state index in [-0.39, 0.29) is 0 Å². The Balaban J connectivity index is 2.07. The van der Waals surface area contributed by atoms with E-state index in [2.05, 4.69) is 28.1 Å². The molecule has 112 valence electrons. The van der Waals surface area contributed by atoms with Gasteiger partial charge in [0.2, 0.25) is 0 Å². The fourth-order valence-corrected chi connectivity index (χ4v) is 2.58. The van der Waals surface area contributed by atoms with Crippen molar-refractivity contribution in [3.05, 3.63) is 54.1 Å². The molecule has 0 aliphatic rings. The molecule has 0 aromatic heterocycles. The third-order valence-electron chi connectivity index (χ3n) is 3.23. The zero-order valence-corrected chi connectivity index (χ0v) is 13.8. The number of hydrogen-bond acceptors (Lipinski definition) is 3. The summed E-state index contributed by atoms with van der Waals surface area (Å²) < 4.78 is 16.4. The van der Waals surface area contributed by atoms with E-state index in [1.165, 1.54) is 5.56 Å². The Morgan fingerprint density at radius 1 is 0.905 bits per heavy atom. The van der Waals surface area contributed by atoms with Crippen LogP contribution in [0.4, 0.5) is 0 Å². The summed E-state index contributed by atoms with van der Waals surface area (Å²) in [6, 6.07) is 15.9. The lowest BCUT2D eigenvalue weighted by atomic mass is 10.0. The molecule has 0 fully saturated rings. The molecule has 0 saturated heterocycles. The van der Waals surface area contributed by atoms with Crippen molar-refractivity contribution < 1.29 is 14.2 Å². The van der Waals surface area contributed by atoms with Crippen LogP contribution in [0.3, 0.4) is 0 Å². The quantitative estimate of drug-likeness (QED) is 0.698. The Labute approximate surface area is 134 Å². The van der Waals surface area contributed by atoms with Crippen molar-refractivity contribution in [2.45, 2.75) is 5.92 Å². The molecule has 0 spiro atoms. The molecule has 1 atom stereocenters. The van der Waals surface area contributed by atoms with Crippen molar-refractivity contribution in [2.24, 2.45) is 0 Å². The largest absolute Gasteiger partial charge is 0.496 e. The van der Waals surface area contributed by atoms with Gasteiger partial charge in [-0.3, -0.25) is 0 Å². The monoisotopic (exact) mass is 350 g/mol. The molecule has 2 aromatic rings. The van der Waals surface area contributed by atoms with E-state index in [0.29, 0.717) is 12.5 Å². The summed E-state index contributed by atoms with van der Waals surface area (Å²) >= 11 is 3.55. The van der Waals surface area contributed by atoms with Crippen LogP contribution in [0.5, 0.6) is 17.2 Å². The fourth-order valence-electron chi connectivity index (χ4n) is 2.02. The smallest absolute Gasteiger partial charge is 0.126 e. The van der Waals surface area contributed by atoms with Gasteiger partial charge in [0.15, 0.2) is 0 Å². The fraction of sp³-hybridized carbons (Fsp3) is 0.294. The van der Waals surface area contributed by atoms with Gasteiger partial charge in [-0.15, -0.1) is 0 Å². The Hall–Kier alpha value is -1.68. The standard InChI is InChI=1S/C17H19BrO3/c1-19-15-8-16(20-2)10-17(9-15)21-12-14(11-18)13-6-4-3-5-7-13/h3-10,14H,11-12H2,1-2H3. The van der Waals surface area contributed by atoms with Gasteiger partial charge in [-0.05, 0) is 5.56 Å². The van der Waals surface area contributed by atoms with Crippen LogP contribution in [0.2, 0.25) is 0 Å². The maximum atomic E-state index is 5.91. The summed E-state index contributed by atoms with van der Waals surface area (Å²) in [5.41, 5.74) is 1.25. The average Bonchev–Trinajstić information content (AvgIpc) is 2.56. The first-order chi connectivity index (χ1) is 10.3. The van der Waals surface area contributed by atoms with Crippen LogP contribution in [0.25, 0.3) is 0 Å². The van der Waals surface area contributed by atoms with Gasteiger partial charge in [-0.25, -0.2) is 0 Å². The molecule has 21 heavy (non-hydrogen) atoms. The third kappa shape index (κ3) is 4.39. The van der Waals surface area contributed by atoms with E-state index < -0.39 is 0 Å². The predicted molar refractivity (Wildman–Crippen MR) is 88.0 cm³/mol. The Morgan fingerprint density at radius 2 is 1.48 bits per heavy atom. The van der Waals surface area contributed by atoms with Gasteiger partial charge in [0.05, 0.1) is 20.8 Å². The summed E-state index contributed by atoms with van der Waals surface area (Å²) in [5.74, 6) is 2.48. The lowest BCUT2D eigenvalue weighted by molar-refractivity contribution is 0.293. The van der Waals surface area contributed by atoms with Crippen molar-refractivity contribution in [1.82, 2.24) is 0 Å².